The third-order valence-corrected chi connectivity index (χ3v) is 6.35. The summed E-state index contributed by atoms with van der Waals surface area (Å²) in [4.78, 5) is 12.2. The molecule has 1 heterocycles. The van der Waals surface area contributed by atoms with E-state index < -0.39 is 9.84 Å². The van der Waals surface area contributed by atoms with Gasteiger partial charge in [-0.2, -0.15) is 0 Å². The lowest BCUT2D eigenvalue weighted by Gasteiger charge is -2.14. The first-order chi connectivity index (χ1) is 9.32. The summed E-state index contributed by atoms with van der Waals surface area (Å²) in [6.07, 6.45) is 0.439. The number of carbonyl (C=O) groups is 1. The van der Waals surface area contributed by atoms with E-state index in [-0.39, 0.29) is 23.5 Å². The molecule has 1 aliphatic heterocycles. The number of sulfone groups is 1. The number of ether oxygens (including phenoxy) is 1. The van der Waals surface area contributed by atoms with Crippen molar-refractivity contribution in [3.05, 3.63) is 26.3 Å². The van der Waals surface area contributed by atoms with Crippen LogP contribution in [0, 0.1) is 3.57 Å². The molecule has 0 aromatic heterocycles. The minimum atomic E-state index is -3.03. The van der Waals surface area contributed by atoms with Crippen molar-refractivity contribution in [2.75, 3.05) is 18.6 Å². The fourth-order valence-corrected chi connectivity index (χ4v) is 4.32. The molecule has 2 rings (SSSR count). The number of halogens is 2. The van der Waals surface area contributed by atoms with Crippen molar-refractivity contribution in [3.63, 3.8) is 0 Å². The molecule has 0 radical (unpaired) electrons. The van der Waals surface area contributed by atoms with Gasteiger partial charge in [0.05, 0.1) is 29.2 Å². The SMILES string of the molecule is COc1cc(I)c(Cl)cc1C(=O)NC1CCS(=O)(=O)C1. The van der Waals surface area contributed by atoms with Gasteiger partial charge < -0.3 is 10.1 Å². The molecule has 1 fully saturated rings. The van der Waals surface area contributed by atoms with Crippen molar-refractivity contribution < 1.29 is 17.9 Å². The molecule has 8 heteroatoms. The lowest BCUT2D eigenvalue weighted by Crippen LogP contribution is -2.35. The zero-order valence-corrected chi connectivity index (χ0v) is 14.4. The molecule has 1 unspecified atom stereocenters. The number of hydrogen-bond donors (Lipinski definition) is 1. The van der Waals surface area contributed by atoms with E-state index in [1.165, 1.54) is 13.2 Å². The van der Waals surface area contributed by atoms with E-state index in [9.17, 15) is 13.2 Å². The molecule has 0 saturated carbocycles. The Morgan fingerprint density at radius 1 is 1.50 bits per heavy atom. The van der Waals surface area contributed by atoms with E-state index >= 15 is 0 Å². The highest BCUT2D eigenvalue weighted by atomic mass is 127. The Labute approximate surface area is 136 Å². The lowest BCUT2D eigenvalue weighted by atomic mass is 10.1. The van der Waals surface area contributed by atoms with Crippen molar-refractivity contribution in [3.8, 4) is 5.75 Å². The smallest absolute Gasteiger partial charge is 0.255 e. The number of methoxy groups -OCH3 is 1. The number of rotatable bonds is 3. The first kappa shape index (κ1) is 15.8. The molecule has 1 aromatic carbocycles. The molecule has 1 aromatic rings. The molecule has 20 heavy (non-hydrogen) atoms. The molecule has 1 saturated heterocycles. The predicted molar refractivity (Wildman–Crippen MR) is 85.2 cm³/mol. The minimum absolute atomic E-state index is 0.0147. The molecule has 1 N–H and O–H groups in total. The number of nitrogens with one attached hydrogen (secondary N) is 1. The summed E-state index contributed by atoms with van der Waals surface area (Å²) in [5, 5.41) is 3.17. The molecule has 1 amide bonds. The van der Waals surface area contributed by atoms with Crippen molar-refractivity contribution in [1.29, 1.82) is 0 Å². The molecule has 1 atom stereocenters. The maximum atomic E-state index is 12.2. The first-order valence-electron chi connectivity index (χ1n) is 5.87. The van der Waals surface area contributed by atoms with Gasteiger partial charge in [0, 0.05) is 9.61 Å². The number of benzene rings is 1. The van der Waals surface area contributed by atoms with Crippen LogP contribution in [-0.2, 0) is 9.84 Å². The first-order valence-corrected chi connectivity index (χ1v) is 9.14. The molecule has 0 aliphatic carbocycles. The van der Waals surface area contributed by atoms with Crippen molar-refractivity contribution >= 4 is 49.9 Å². The zero-order valence-electron chi connectivity index (χ0n) is 10.7. The number of hydrogen-bond acceptors (Lipinski definition) is 4. The molecule has 0 spiro atoms. The van der Waals surface area contributed by atoms with Crippen LogP contribution in [0.2, 0.25) is 5.02 Å². The Kier molecular flexibility index (Phi) is 4.80. The summed E-state index contributed by atoms with van der Waals surface area (Å²) in [6.45, 7) is 0. The second-order valence-electron chi connectivity index (χ2n) is 4.54. The normalized spacial score (nSPS) is 20.6. The van der Waals surface area contributed by atoms with E-state index in [1.54, 1.807) is 6.07 Å². The zero-order chi connectivity index (χ0) is 14.9. The number of carbonyl (C=O) groups excluding carboxylic acids is 1. The van der Waals surface area contributed by atoms with E-state index in [2.05, 4.69) is 5.32 Å². The van der Waals surface area contributed by atoms with Gasteiger partial charge >= 0.3 is 0 Å². The average Bonchev–Trinajstić information content (AvgIpc) is 2.71. The summed E-state index contributed by atoms with van der Waals surface area (Å²) < 4.78 is 28.7. The van der Waals surface area contributed by atoms with Crippen LogP contribution in [0.15, 0.2) is 12.1 Å². The van der Waals surface area contributed by atoms with Crippen molar-refractivity contribution in [2.24, 2.45) is 0 Å². The van der Waals surface area contributed by atoms with Crippen LogP contribution in [0.1, 0.15) is 16.8 Å². The maximum absolute atomic E-state index is 12.2. The third-order valence-electron chi connectivity index (χ3n) is 3.05. The highest BCUT2D eigenvalue weighted by Crippen LogP contribution is 2.28. The summed E-state index contributed by atoms with van der Waals surface area (Å²) >= 11 is 8.05. The highest BCUT2D eigenvalue weighted by Gasteiger charge is 2.29. The lowest BCUT2D eigenvalue weighted by molar-refractivity contribution is 0.0938. The van der Waals surface area contributed by atoms with E-state index in [1.807, 2.05) is 22.6 Å². The van der Waals surface area contributed by atoms with Crippen molar-refractivity contribution in [2.45, 2.75) is 12.5 Å². The Morgan fingerprint density at radius 3 is 2.75 bits per heavy atom. The third kappa shape index (κ3) is 3.56. The average molecular weight is 430 g/mol. The molecule has 110 valence electrons. The summed E-state index contributed by atoms with van der Waals surface area (Å²) in [5.41, 5.74) is 0.308. The van der Waals surface area contributed by atoms with E-state index in [0.717, 1.165) is 3.57 Å². The fraction of sp³-hybridized carbons (Fsp3) is 0.417. The topological polar surface area (TPSA) is 72.5 Å². The van der Waals surface area contributed by atoms with Gasteiger partial charge in [0.25, 0.3) is 5.91 Å². The summed E-state index contributed by atoms with van der Waals surface area (Å²) in [5.74, 6) is 0.140. The Hall–Kier alpha value is -0.540. The van der Waals surface area contributed by atoms with Crippen molar-refractivity contribution in [1.82, 2.24) is 5.32 Å². The van der Waals surface area contributed by atoms with Gasteiger partial charge in [-0.3, -0.25) is 4.79 Å². The van der Waals surface area contributed by atoms with E-state index in [4.69, 9.17) is 16.3 Å². The maximum Gasteiger partial charge on any atom is 0.255 e. The van der Waals surface area contributed by atoms with Crippen LogP contribution < -0.4 is 10.1 Å². The fourth-order valence-electron chi connectivity index (χ4n) is 2.05. The number of amides is 1. The van der Waals surface area contributed by atoms with Gasteiger partial charge in [0.1, 0.15) is 5.75 Å². The Balaban J connectivity index is 2.19. The summed E-state index contributed by atoms with van der Waals surface area (Å²) in [6, 6.07) is 2.85. The Morgan fingerprint density at radius 2 is 2.20 bits per heavy atom. The minimum Gasteiger partial charge on any atom is -0.496 e. The second kappa shape index (κ2) is 6.07. The van der Waals surface area contributed by atoms with Crippen LogP contribution >= 0.6 is 34.2 Å². The molecule has 1 aliphatic rings. The second-order valence-corrected chi connectivity index (χ2v) is 8.34. The van der Waals surface area contributed by atoms with Gasteiger partial charge in [-0.25, -0.2) is 8.42 Å². The standard InChI is InChI=1S/C12H13ClINO4S/c1-19-11-5-10(14)9(13)4-8(11)12(16)15-7-2-3-20(17,18)6-7/h4-5,7H,2-3,6H2,1H3,(H,15,16). The predicted octanol–water partition coefficient (Wildman–Crippen LogP) is 1.87. The van der Waals surface area contributed by atoms with E-state index in [0.29, 0.717) is 22.8 Å². The molecule has 5 nitrogen and oxygen atoms in total. The van der Waals surface area contributed by atoms with Crippen LogP contribution in [0.4, 0.5) is 0 Å². The van der Waals surface area contributed by atoms with Gasteiger partial charge in [0.15, 0.2) is 9.84 Å². The molecular weight excluding hydrogens is 417 g/mol. The van der Waals surface area contributed by atoms with Gasteiger partial charge in [-0.1, -0.05) is 11.6 Å². The molecular formula is C12H13ClINO4S. The molecule has 0 bridgehead atoms. The quantitative estimate of drug-likeness (QED) is 0.745. The van der Waals surface area contributed by atoms with Crippen LogP contribution in [0.25, 0.3) is 0 Å². The Bertz CT molecular complexity index is 647. The van der Waals surface area contributed by atoms with Gasteiger partial charge in [-0.05, 0) is 41.1 Å². The van der Waals surface area contributed by atoms with Gasteiger partial charge in [0.2, 0.25) is 0 Å². The highest BCUT2D eigenvalue weighted by molar-refractivity contribution is 14.1. The van der Waals surface area contributed by atoms with Crippen LogP contribution in [0.5, 0.6) is 5.75 Å². The summed E-state index contributed by atoms with van der Waals surface area (Å²) in [7, 11) is -1.56. The largest absolute Gasteiger partial charge is 0.496 e. The van der Waals surface area contributed by atoms with Crippen LogP contribution in [0.3, 0.4) is 0 Å². The van der Waals surface area contributed by atoms with Gasteiger partial charge in [-0.15, -0.1) is 0 Å². The monoisotopic (exact) mass is 429 g/mol. The van der Waals surface area contributed by atoms with Crippen LogP contribution in [-0.4, -0.2) is 39.0 Å².